The van der Waals surface area contributed by atoms with Gasteiger partial charge in [0.05, 0.1) is 5.69 Å². The summed E-state index contributed by atoms with van der Waals surface area (Å²) in [7, 11) is 0. The Balaban J connectivity index is 3.33. The van der Waals surface area contributed by atoms with E-state index in [1.807, 2.05) is 4.90 Å². The highest BCUT2D eigenvalue weighted by Crippen LogP contribution is 2.35. The van der Waals surface area contributed by atoms with Crippen LogP contribution in [0.4, 0.5) is 5.69 Å². The number of alkyl halides is 2. The van der Waals surface area contributed by atoms with E-state index in [1.54, 1.807) is 12.1 Å². The summed E-state index contributed by atoms with van der Waals surface area (Å²) < 4.78 is 0. The van der Waals surface area contributed by atoms with E-state index in [-0.39, 0.29) is 12.2 Å². The summed E-state index contributed by atoms with van der Waals surface area (Å²) in [5.74, 6) is -0.0707. The van der Waals surface area contributed by atoms with E-state index in [4.69, 9.17) is 34.0 Å². The average molecular weight is 377 g/mol. The van der Waals surface area contributed by atoms with E-state index in [2.05, 4.69) is 6.92 Å². The van der Waals surface area contributed by atoms with E-state index in [0.29, 0.717) is 30.5 Å². The van der Waals surface area contributed by atoms with Gasteiger partial charge in [0.2, 0.25) is 0 Å². The third kappa shape index (κ3) is 5.72. The topological polar surface area (TPSA) is 86.8 Å². The van der Waals surface area contributed by atoms with E-state index in [9.17, 15) is 9.90 Å². The minimum absolute atomic E-state index is 0.156. The largest absolute Gasteiger partial charge is 0.506 e. The van der Waals surface area contributed by atoms with Gasteiger partial charge in [0.1, 0.15) is 11.8 Å². The van der Waals surface area contributed by atoms with Crippen molar-refractivity contribution in [1.82, 2.24) is 0 Å². The molecule has 0 aliphatic heterocycles. The second-order valence-corrected chi connectivity index (χ2v) is 6.44. The zero-order valence-corrected chi connectivity index (χ0v) is 15.5. The summed E-state index contributed by atoms with van der Waals surface area (Å²) in [5.41, 5.74) is 8.19. The first-order valence-electron chi connectivity index (χ1n) is 8.15. The Morgan fingerprint density at radius 3 is 2.42 bits per heavy atom. The molecule has 0 aromatic heterocycles. The van der Waals surface area contributed by atoms with Crippen molar-refractivity contribution in [2.24, 2.45) is 5.73 Å². The number of halogens is 2. The molecule has 1 rings (SSSR count). The Hall–Kier alpha value is -1.17. The standard InChI is InChI=1S/C17H26Cl2N2O3/c1-2-3-4-13-12(11-14(20)17(23)24)5-6-15(22)16(13)21(9-7-18)10-8-19/h5-6,14,22H,2-4,7-11,20H2,1H3,(H,23,24)/t14-/m0/s1. The van der Waals surface area contributed by atoms with Gasteiger partial charge in [-0.3, -0.25) is 4.79 Å². The highest BCUT2D eigenvalue weighted by atomic mass is 35.5. The van der Waals surface area contributed by atoms with Crippen LogP contribution in [0.1, 0.15) is 30.9 Å². The molecule has 5 nitrogen and oxygen atoms in total. The fraction of sp³-hybridized carbons (Fsp3) is 0.588. The van der Waals surface area contributed by atoms with Crippen LogP contribution in [0.3, 0.4) is 0 Å². The summed E-state index contributed by atoms with van der Waals surface area (Å²) in [6.07, 6.45) is 2.88. The summed E-state index contributed by atoms with van der Waals surface area (Å²) in [5, 5.41) is 19.5. The number of aromatic hydroxyl groups is 1. The van der Waals surface area contributed by atoms with Crippen molar-refractivity contribution in [3.8, 4) is 5.75 Å². The molecule has 0 fully saturated rings. The molecular weight excluding hydrogens is 351 g/mol. The molecule has 24 heavy (non-hydrogen) atoms. The van der Waals surface area contributed by atoms with Gasteiger partial charge in [-0.2, -0.15) is 0 Å². The number of aliphatic carboxylic acids is 1. The molecule has 0 heterocycles. The number of phenols is 1. The molecule has 1 aromatic rings. The van der Waals surface area contributed by atoms with Gasteiger partial charge >= 0.3 is 5.97 Å². The molecule has 0 aliphatic carbocycles. The van der Waals surface area contributed by atoms with Crippen LogP contribution in [-0.2, 0) is 17.6 Å². The molecule has 0 saturated heterocycles. The van der Waals surface area contributed by atoms with Crippen molar-refractivity contribution in [3.63, 3.8) is 0 Å². The molecular formula is C17H26Cl2N2O3. The van der Waals surface area contributed by atoms with Gasteiger partial charge in [0.15, 0.2) is 0 Å². The number of nitrogens with two attached hydrogens (primary N) is 1. The van der Waals surface area contributed by atoms with E-state index in [0.717, 1.165) is 30.4 Å². The lowest BCUT2D eigenvalue weighted by Crippen LogP contribution is -2.33. The van der Waals surface area contributed by atoms with Gasteiger partial charge in [-0.05, 0) is 36.5 Å². The Morgan fingerprint density at radius 2 is 1.92 bits per heavy atom. The van der Waals surface area contributed by atoms with Crippen LogP contribution in [0.25, 0.3) is 0 Å². The number of anilines is 1. The smallest absolute Gasteiger partial charge is 0.320 e. The summed E-state index contributed by atoms with van der Waals surface area (Å²) >= 11 is 11.8. The Kier molecular flexibility index (Phi) is 9.26. The zero-order valence-electron chi connectivity index (χ0n) is 14.0. The van der Waals surface area contributed by atoms with Crippen LogP contribution in [0.15, 0.2) is 12.1 Å². The first kappa shape index (κ1) is 20.9. The molecule has 4 N–H and O–H groups in total. The maximum Gasteiger partial charge on any atom is 0.320 e. The van der Waals surface area contributed by atoms with Gasteiger partial charge in [0, 0.05) is 24.8 Å². The molecule has 0 radical (unpaired) electrons. The maximum absolute atomic E-state index is 11.1. The number of carboxylic acids is 1. The van der Waals surface area contributed by atoms with Crippen molar-refractivity contribution in [1.29, 1.82) is 0 Å². The predicted molar refractivity (Wildman–Crippen MR) is 99.7 cm³/mol. The van der Waals surface area contributed by atoms with Gasteiger partial charge in [-0.15, -0.1) is 23.2 Å². The van der Waals surface area contributed by atoms with Crippen LogP contribution >= 0.6 is 23.2 Å². The number of carbonyl (C=O) groups is 1. The van der Waals surface area contributed by atoms with Gasteiger partial charge in [-0.25, -0.2) is 0 Å². The van der Waals surface area contributed by atoms with Gasteiger partial charge in [-0.1, -0.05) is 19.4 Å². The molecule has 1 aromatic carbocycles. The summed E-state index contributed by atoms with van der Waals surface area (Å²) in [6, 6.07) is 2.37. The number of rotatable bonds is 11. The average Bonchev–Trinajstić information content (AvgIpc) is 2.54. The summed E-state index contributed by atoms with van der Waals surface area (Å²) in [6.45, 7) is 3.19. The monoisotopic (exact) mass is 376 g/mol. The summed E-state index contributed by atoms with van der Waals surface area (Å²) in [4.78, 5) is 13.1. The minimum atomic E-state index is -1.04. The normalized spacial score (nSPS) is 12.2. The number of hydrogen-bond donors (Lipinski definition) is 3. The Bertz CT molecular complexity index is 535. The Morgan fingerprint density at radius 1 is 1.29 bits per heavy atom. The molecule has 0 unspecified atom stereocenters. The third-order valence-corrected chi connectivity index (χ3v) is 4.26. The second kappa shape index (κ2) is 10.6. The van der Waals surface area contributed by atoms with E-state index < -0.39 is 12.0 Å². The molecule has 0 amide bonds. The molecule has 0 aliphatic rings. The highest BCUT2D eigenvalue weighted by Gasteiger charge is 2.21. The predicted octanol–water partition coefficient (Wildman–Crippen LogP) is 2.97. The second-order valence-electron chi connectivity index (χ2n) is 5.69. The lowest BCUT2D eigenvalue weighted by atomic mass is 9.94. The van der Waals surface area contributed by atoms with Crippen molar-refractivity contribution in [2.75, 3.05) is 29.7 Å². The fourth-order valence-corrected chi connectivity index (χ4v) is 3.11. The molecule has 0 saturated carbocycles. The van der Waals surface area contributed by atoms with Crippen LogP contribution in [-0.4, -0.2) is 47.1 Å². The van der Waals surface area contributed by atoms with E-state index in [1.165, 1.54) is 0 Å². The highest BCUT2D eigenvalue weighted by molar-refractivity contribution is 6.18. The number of hydrogen-bond acceptors (Lipinski definition) is 4. The van der Waals surface area contributed by atoms with Gasteiger partial charge in [0.25, 0.3) is 0 Å². The van der Waals surface area contributed by atoms with Crippen molar-refractivity contribution >= 4 is 34.9 Å². The number of unbranched alkanes of at least 4 members (excludes halogenated alkanes) is 1. The number of phenolic OH excluding ortho intramolecular Hbond substituents is 1. The number of nitrogens with zero attached hydrogens (tertiary/aromatic N) is 1. The first-order valence-corrected chi connectivity index (χ1v) is 9.22. The van der Waals surface area contributed by atoms with E-state index >= 15 is 0 Å². The lowest BCUT2D eigenvalue weighted by Gasteiger charge is -2.28. The van der Waals surface area contributed by atoms with Gasteiger partial charge < -0.3 is 20.8 Å². The van der Waals surface area contributed by atoms with Crippen LogP contribution in [0, 0.1) is 0 Å². The maximum atomic E-state index is 11.1. The quantitative estimate of drug-likeness (QED) is 0.516. The SMILES string of the molecule is CCCCc1c(C[C@H](N)C(=O)O)ccc(O)c1N(CCCl)CCCl. The molecule has 0 bridgehead atoms. The Labute approximate surface area is 153 Å². The van der Waals surface area contributed by atoms with Crippen LogP contribution < -0.4 is 10.6 Å². The number of carboxylic acid groups (broad SMARTS) is 1. The molecule has 1 atom stereocenters. The molecule has 7 heteroatoms. The third-order valence-electron chi connectivity index (χ3n) is 3.92. The molecule has 0 spiro atoms. The minimum Gasteiger partial charge on any atom is -0.506 e. The lowest BCUT2D eigenvalue weighted by molar-refractivity contribution is -0.138. The van der Waals surface area contributed by atoms with Crippen molar-refractivity contribution < 1.29 is 15.0 Å². The number of benzene rings is 1. The van der Waals surface area contributed by atoms with Crippen molar-refractivity contribution in [2.45, 2.75) is 38.6 Å². The zero-order chi connectivity index (χ0) is 18.1. The first-order chi connectivity index (χ1) is 11.5. The van der Waals surface area contributed by atoms with Crippen molar-refractivity contribution in [3.05, 3.63) is 23.3 Å². The van der Waals surface area contributed by atoms with Crippen LogP contribution in [0.2, 0.25) is 0 Å². The fourth-order valence-electron chi connectivity index (χ4n) is 2.71. The molecule has 136 valence electrons. The van der Waals surface area contributed by atoms with Crippen LogP contribution in [0.5, 0.6) is 5.75 Å².